The van der Waals surface area contributed by atoms with Crippen molar-refractivity contribution in [1.29, 1.82) is 0 Å². The molecule has 170 valence electrons. The summed E-state index contributed by atoms with van der Waals surface area (Å²) in [4.78, 5) is 36.0. The normalized spacial score (nSPS) is 48.4. The van der Waals surface area contributed by atoms with Crippen molar-refractivity contribution in [3.63, 3.8) is 0 Å². The van der Waals surface area contributed by atoms with Gasteiger partial charge in [0, 0.05) is 23.7 Å². The number of allylic oxidation sites excluding steroid dienone is 4. The molecule has 2 N–H and O–H groups in total. The van der Waals surface area contributed by atoms with Crippen LogP contribution in [0.1, 0.15) is 46.5 Å². The van der Waals surface area contributed by atoms with Gasteiger partial charge in [-0.2, -0.15) is 0 Å². The zero-order chi connectivity index (χ0) is 23.0. The molecule has 5 unspecified atom stereocenters. The van der Waals surface area contributed by atoms with Crippen LogP contribution in [0.3, 0.4) is 0 Å². The Morgan fingerprint density at radius 2 is 2.00 bits per heavy atom. The second-order valence-electron chi connectivity index (χ2n) is 9.96. The molecule has 0 radical (unpaired) electrons. The van der Waals surface area contributed by atoms with Crippen LogP contribution in [-0.2, 0) is 19.1 Å². The maximum atomic E-state index is 17.0. The van der Waals surface area contributed by atoms with Crippen LogP contribution in [0, 0.1) is 22.7 Å². The summed E-state index contributed by atoms with van der Waals surface area (Å²) in [5.41, 5.74) is -5.85. The average molecular weight is 455 g/mol. The lowest BCUT2D eigenvalue weighted by molar-refractivity contribution is -0.217. The molecule has 0 aromatic heterocycles. The number of rotatable bonds is 3. The second kappa shape index (κ2) is 6.96. The first kappa shape index (κ1) is 22.6. The zero-order valence-corrected chi connectivity index (χ0v) is 18.6. The lowest BCUT2D eigenvalue weighted by atomic mass is 9.44. The Kier molecular flexibility index (Phi) is 5.08. The molecule has 0 spiro atoms. The van der Waals surface area contributed by atoms with E-state index in [4.69, 9.17) is 16.3 Å². The SMILES string of the molecule is CC(=O)OCC(=O)[C@@]1(O)CCC2C3C[C@H](Cl)C4=CC(=O)C=CC4(C)[C@@]3(F)C(O)CC21C. The summed E-state index contributed by atoms with van der Waals surface area (Å²) in [5, 5.41) is 22.0. The Bertz CT molecular complexity index is 916. The van der Waals surface area contributed by atoms with Gasteiger partial charge in [0.2, 0.25) is 5.78 Å². The van der Waals surface area contributed by atoms with E-state index in [2.05, 4.69) is 0 Å². The number of Topliss-reactive ketones (excluding diaryl/α,β-unsaturated/α-hetero) is 1. The van der Waals surface area contributed by atoms with E-state index in [0.717, 1.165) is 0 Å². The number of ketones is 2. The molecule has 4 aliphatic carbocycles. The molecule has 4 rings (SSSR count). The Balaban J connectivity index is 1.75. The molecular weight excluding hydrogens is 427 g/mol. The van der Waals surface area contributed by atoms with E-state index < -0.39 is 63.8 Å². The number of alkyl halides is 2. The van der Waals surface area contributed by atoms with Gasteiger partial charge in [-0.25, -0.2) is 4.39 Å². The van der Waals surface area contributed by atoms with Crippen molar-refractivity contribution in [2.24, 2.45) is 22.7 Å². The monoisotopic (exact) mass is 454 g/mol. The Morgan fingerprint density at radius 1 is 1.32 bits per heavy atom. The molecule has 4 aliphatic rings. The lowest BCUT2D eigenvalue weighted by Crippen LogP contribution is -2.70. The fourth-order valence-corrected chi connectivity index (χ4v) is 7.43. The van der Waals surface area contributed by atoms with Gasteiger partial charge in [0.1, 0.15) is 5.60 Å². The number of esters is 1. The smallest absolute Gasteiger partial charge is 0.303 e. The minimum absolute atomic E-state index is 0.0915. The first-order valence-corrected chi connectivity index (χ1v) is 11.1. The van der Waals surface area contributed by atoms with E-state index in [1.807, 2.05) is 0 Å². The van der Waals surface area contributed by atoms with Crippen molar-refractivity contribution in [2.45, 2.75) is 69.2 Å². The third-order valence-corrected chi connectivity index (χ3v) is 9.06. The zero-order valence-electron chi connectivity index (χ0n) is 17.9. The molecule has 0 amide bonds. The molecule has 0 aliphatic heterocycles. The quantitative estimate of drug-likeness (QED) is 0.501. The first-order valence-electron chi connectivity index (χ1n) is 10.7. The van der Waals surface area contributed by atoms with Crippen molar-refractivity contribution in [1.82, 2.24) is 0 Å². The van der Waals surface area contributed by atoms with Crippen LogP contribution in [0.4, 0.5) is 4.39 Å². The number of aliphatic hydroxyl groups is 2. The van der Waals surface area contributed by atoms with Gasteiger partial charge in [0.25, 0.3) is 0 Å². The molecular formula is C23H28ClFO6. The number of aliphatic hydroxyl groups excluding tert-OH is 1. The number of carbonyl (C=O) groups excluding carboxylic acids is 3. The second-order valence-corrected chi connectivity index (χ2v) is 10.5. The van der Waals surface area contributed by atoms with Gasteiger partial charge in [-0.1, -0.05) is 13.0 Å². The summed E-state index contributed by atoms with van der Waals surface area (Å²) in [5.74, 6) is -2.68. The Labute approximate surface area is 185 Å². The van der Waals surface area contributed by atoms with E-state index in [1.54, 1.807) is 13.8 Å². The minimum Gasteiger partial charge on any atom is -0.458 e. The van der Waals surface area contributed by atoms with Gasteiger partial charge in [-0.05, 0) is 56.3 Å². The van der Waals surface area contributed by atoms with Crippen molar-refractivity contribution in [3.8, 4) is 0 Å². The highest BCUT2D eigenvalue weighted by molar-refractivity contribution is 6.23. The maximum absolute atomic E-state index is 17.0. The van der Waals surface area contributed by atoms with Gasteiger partial charge >= 0.3 is 5.97 Å². The maximum Gasteiger partial charge on any atom is 0.303 e. The molecule has 31 heavy (non-hydrogen) atoms. The molecule has 8 heteroatoms. The summed E-state index contributed by atoms with van der Waals surface area (Å²) < 4.78 is 21.8. The van der Waals surface area contributed by atoms with Gasteiger partial charge in [-0.15, -0.1) is 11.6 Å². The molecule has 0 aromatic carbocycles. The molecule has 6 nitrogen and oxygen atoms in total. The summed E-state index contributed by atoms with van der Waals surface area (Å²) in [7, 11) is 0. The van der Waals surface area contributed by atoms with Gasteiger partial charge < -0.3 is 14.9 Å². The largest absolute Gasteiger partial charge is 0.458 e. The molecule has 8 atom stereocenters. The third kappa shape index (κ3) is 2.79. The van der Waals surface area contributed by atoms with Crippen LogP contribution >= 0.6 is 11.6 Å². The lowest BCUT2D eigenvalue weighted by Gasteiger charge is -2.63. The van der Waals surface area contributed by atoms with Crippen LogP contribution in [-0.4, -0.2) is 57.1 Å². The molecule has 0 bridgehead atoms. The predicted molar refractivity (Wildman–Crippen MR) is 110 cm³/mol. The summed E-state index contributed by atoms with van der Waals surface area (Å²) in [6.45, 7) is 3.97. The molecule has 3 saturated carbocycles. The number of halogens is 2. The number of hydrogen-bond donors (Lipinski definition) is 2. The van der Waals surface area contributed by atoms with Crippen LogP contribution in [0.15, 0.2) is 23.8 Å². The molecule has 3 fully saturated rings. The van der Waals surface area contributed by atoms with E-state index in [-0.39, 0.29) is 25.0 Å². The third-order valence-electron chi connectivity index (χ3n) is 8.65. The highest BCUT2D eigenvalue weighted by Gasteiger charge is 2.75. The van der Waals surface area contributed by atoms with Crippen molar-refractivity contribution in [3.05, 3.63) is 23.8 Å². The molecule has 0 aromatic rings. The van der Waals surface area contributed by atoms with E-state index in [0.29, 0.717) is 12.0 Å². The fraction of sp³-hybridized carbons (Fsp3) is 0.696. The van der Waals surface area contributed by atoms with Crippen LogP contribution in [0.5, 0.6) is 0 Å². The van der Waals surface area contributed by atoms with E-state index in [1.165, 1.54) is 25.2 Å². The van der Waals surface area contributed by atoms with Gasteiger partial charge in [0.15, 0.2) is 18.1 Å². The average Bonchev–Trinajstić information content (AvgIpc) is 2.96. The first-order chi connectivity index (χ1) is 14.3. The summed E-state index contributed by atoms with van der Waals surface area (Å²) in [6, 6.07) is 0. The van der Waals surface area contributed by atoms with Crippen molar-refractivity contribution in [2.75, 3.05) is 6.61 Å². The number of carbonyl (C=O) groups is 3. The standard InChI is InChI=1S/C23H28ClFO6/c1-12(26)31-11-19(29)22(30)7-5-14-15-9-17(24)16-8-13(27)4-6-20(16,2)23(15,25)18(28)10-21(14,22)3/h4,6,8,14-15,17-18,28,30H,5,7,9-11H2,1-3H3/t14?,15?,17-,18?,20?,21?,22-,23-/m0/s1. The Morgan fingerprint density at radius 3 is 2.65 bits per heavy atom. The highest BCUT2D eigenvalue weighted by Crippen LogP contribution is 2.70. The van der Waals surface area contributed by atoms with E-state index in [9.17, 15) is 24.6 Å². The fourth-order valence-electron chi connectivity index (χ4n) is 6.95. The number of fused-ring (bicyclic) bond motifs is 5. The van der Waals surface area contributed by atoms with Crippen LogP contribution in [0.25, 0.3) is 0 Å². The van der Waals surface area contributed by atoms with E-state index >= 15 is 4.39 Å². The summed E-state index contributed by atoms with van der Waals surface area (Å²) >= 11 is 6.64. The van der Waals surface area contributed by atoms with Crippen molar-refractivity contribution < 1.29 is 33.7 Å². The van der Waals surface area contributed by atoms with Crippen LogP contribution in [0.2, 0.25) is 0 Å². The van der Waals surface area contributed by atoms with Crippen molar-refractivity contribution >= 4 is 29.1 Å². The highest BCUT2D eigenvalue weighted by atomic mass is 35.5. The number of hydrogen-bond acceptors (Lipinski definition) is 6. The predicted octanol–water partition coefficient (Wildman–Crippen LogP) is 2.44. The van der Waals surface area contributed by atoms with Gasteiger partial charge in [-0.3, -0.25) is 14.4 Å². The Hall–Kier alpha value is -1.57. The topological polar surface area (TPSA) is 101 Å². The molecule has 0 heterocycles. The van der Waals surface area contributed by atoms with Crippen LogP contribution < -0.4 is 0 Å². The number of ether oxygens (including phenoxy) is 1. The van der Waals surface area contributed by atoms with Gasteiger partial charge in [0.05, 0.1) is 11.5 Å². The molecule has 0 saturated heterocycles. The summed E-state index contributed by atoms with van der Waals surface area (Å²) in [6.07, 6.45) is 3.22. The minimum atomic E-state index is -2.10.